The summed E-state index contributed by atoms with van der Waals surface area (Å²) in [6.07, 6.45) is 4.32. The molecule has 0 aliphatic carbocycles. The van der Waals surface area contributed by atoms with Crippen LogP contribution in [-0.4, -0.2) is 28.9 Å². The number of hydrogen-bond acceptors (Lipinski definition) is 1. The third-order valence-corrected chi connectivity index (χ3v) is 3.62. The first kappa shape index (κ1) is 13.6. The standard InChI is InChI=1S/C17H20N4/c1-14-8-7-11-18-16(14)20-17(21-12-5-6-13-21)19-15-9-3-2-4-10-15/h2-4,7-11H,5-6,12-13H2,1H3,(H,18,19,20). The van der Waals surface area contributed by atoms with Gasteiger partial charge in [0.05, 0.1) is 5.69 Å². The Kier molecular flexibility index (Phi) is 4.15. The molecule has 0 unspecified atom stereocenters. The second kappa shape index (κ2) is 6.39. The summed E-state index contributed by atoms with van der Waals surface area (Å²) in [7, 11) is 0. The molecule has 0 bridgehead atoms. The van der Waals surface area contributed by atoms with Crippen molar-refractivity contribution in [1.82, 2.24) is 9.88 Å². The van der Waals surface area contributed by atoms with E-state index in [0.29, 0.717) is 0 Å². The maximum absolute atomic E-state index is 4.76. The van der Waals surface area contributed by atoms with Gasteiger partial charge in [-0.25, -0.2) is 4.99 Å². The average Bonchev–Trinajstić information content (AvgIpc) is 3.04. The van der Waals surface area contributed by atoms with Gasteiger partial charge in [-0.3, -0.25) is 0 Å². The van der Waals surface area contributed by atoms with Crippen LogP contribution in [0.2, 0.25) is 0 Å². The van der Waals surface area contributed by atoms with Crippen molar-refractivity contribution >= 4 is 11.6 Å². The molecule has 1 aromatic heterocycles. The molecule has 1 aliphatic rings. The van der Waals surface area contributed by atoms with Crippen molar-refractivity contribution in [3.8, 4) is 0 Å². The van der Waals surface area contributed by atoms with Crippen LogP contribution >= 0.6 is 0 Å². The molecule has 21 heavy (non-hydrogen) atoms. The highest BCUT2D eigenvalue weighted by atomic mass is 15.3. The highest BCUT2D eigenvalue weighted by Crippen LogP contribution is 2.15. The molecular weight excluding hydrogens is 260 g/mol. The Labute approximate surface area is 124 Å². The fourth-order valence-corrected chi connectivity index (χ4v) is 2.43. The van der Waals surface area contributed by atoms with Crippen LogP contribution in [0.15, 0.2) is 58.6 Å². The highest BCUT2D eigenvalue weighted by Gasteiger charge is 2.15. The number of nitrogens with zero attached hydrogens (tertiary/aromatic N) is 3. The van der Waals surface area contributed by atoms with Gasteiger partial charge in [-0.05, 0) is 43.5 Å². The topological polar surface area (TPSA) is 43.8 Å². The fraction of sp³-hybridized carbons (Fsp3) is 0.294. The number of pyridine rings is 1. The lowest BCUT2D eigenvalue weighted by molar-refractivity contribution is 0.512. The fourth-order valence-electron chi connectivity index (χ4n) is 2.43. The molecule has 108 valence electrons. The number of H-pyrrole nitrogens is 1. The van der Waals surface area contributed by atoms with Crippen LogP contribution in [-0.2, 0) is 0 Å². The predicted octanol–water partition coefficient (Wildman–Crippen LogP) is 3.01. The average molecular weight is 280 g/mol. The van der Waals surface area contributed by atoms with E-state index in [9.17, 15) is 0 Å². The lowest BCUT2D eigenvalue weighted by Crippen LogP contribution is -2.29. The minimum Gasteiger partial charge on any atom is -0.346 e. The number of para-hydroxylation sites is 1. The molecule has 2 aromatic rings. The van der Waals surface area contributed by atoms with Crippen molar-refractivity contribution in [1.29, 1.82) is 0 Å². The lowest BCUT2D eigenvalue weighted by atomic mass is 10.3. The zero-order valence-electron chi connectivity index (χ0n) is 12.3. The second-order valence-corrected chi connectivity index (χ2v) is 5.26. The number of benzene rings is 1. The molecule has 1 N–H and O–H groups in total. The number of nitrogens with one attached hydrogen (secondary N) is 1. The van der Waals surface area contributed by atoms with Gasteiger partial charge < -0.3 is 9.88 Å². The monoisotopic (exact) mass is 280 g/mol. The van der Waals surface area contributed by atoms with Crippen molar-refractivity contribution in [2.75, 3.05) is 13.1 Å². The van der Waals surface area contributed by atoms with E-state index in [4.69, 9.17) is 9.98 Å². The Morgan fingerprint density at radius 3 is 2.52 bits per heavy atom. The van der Waals surface area contributed by atoms with E-state index in [2.05, 4.69) is 22.9 Å². The van der Waals surface area contributed by atoms with Crippen LogP contribution in [0.25, 0.3) is 0 Å². The number of hydrogen-bond donors (Lipinski definition) is 1. The van der Waals surface area contributed by atoms with Crippen LogP contribution in [0.3, 0.4) is 0 Å². The molecule has 4 nitrogen and oxygen atoms in total. The summed E-state index contributed by atoms with van der Waals surface area (Å²) in [4.78, 5) is 14.9. The molecule has 0 atom stereocenters. The normalized spacial score (nSPS) is 16.5. The molecular formula is C17H20N4. The molecule has 0 radical (unpaired) electrons. The molecule has 4 heteroatoms. The molecule has 0 spiro atoms. The summed E-state index contributed by atoms with van der Waals surface area (Å²) < 4.78 is 0. The third kappa shape index (κ3) is 3.40. The number of guanidine groups is 1. The summed E-state index contributed by atoms with van der Waals surface area (Å²) in [6.45, 7) is 4.11. The molecule has 1 aromatic carbocycles. The predicted molar refractivity (Wildman–Crippen MR) is 85.4 cm³/mol. The Morgan fingerprint density at radius 1 is 1.05 bits per heavy atom. The van der Waals surface area contributed by atoms with Crippen LogP contribution in [0, 0.1) is 6.92 Å². The number of aliphatic imine (C=N–C) groups is 1. The first-order valence-electron chi connectivity index (χ1n) is 7.41. The van der Waals surface area contributed by atoms with Gasteiger partial charge in [0.2, 0.25) is 5.96 Å². The van der Waals surface area contributed by atoms with Gasteiger partial charge in [-0.15, -0.1) is 0 Å². The number of aromatic nitrogens is 1. The first-order valence-corrected chi connectivity index (χ1v) is 7.41. The maximum atomic E-state index is 4.76. The van der Waals surface area contributed by atoms with Crippen molar-refractivity contribution < 1.29 is 0 Å². The quantitative estimate of drug-likeness (QED) is 0.633. The molecule has 3 rings (SSSR count). The van der Waals surface area contributed by atoms with E-state index in [-0.39, 0.29) is 0 Å². The number of aryl methyl sites for hydroxylation is 1. The van der Waals surface area contributed by atoms with Gasteiger partial charge in [0, 0.05) is 19.3 Å². The number of rotatable bonds is 1. The summed E-state index contributed by atoms with van der Waals surface area (Å²) in [5, 5.41) is 0. The maximum Gasteiger partial charge on any atom is 0.227 e. The van der Waals surface area contributed by atoms with E-state index in [1.807, 2.05) is 42.6 Å². The van der Waals surface area contributed by atoms with Crippen molar-refractivity contribution in [3.63, 3.8) is 0 Å². The van der Waals surface area contributed by atoms with Gasteiger partial charge in [0.25, 0.3) is 0 Å². The minimum absolute atomic E-state index is 0.796. The summed E-state index contributed by atoms with van der Waals surface area (Å²) >= 11 is 0. The zero-order chi connectivity index (χ0) is 14.5. The van der Waals surface area contributed by atoms with Gasteiger partial charge in [0.1, 0.15) is 5.49 Å². The minimum atomic E-state index is 0.796. The molecule has 1 saturated heterocycles. The van der Waals surface area contributed by atoms with Crippen molar-refractivity contribution in [2.45, 2.75) is 19.8 Å². The Bertz CT molecular complexity index is 679. The van der Waals surface area contributed by atoms with Crippen LogP contribution in [0.1, 0.15) is 18.4 Å². The first-order chi connectivity index (χ1) is 10.3. The largest absolute Gasteiger partial charge is 0.346 e. The third-order valence-electron chi connectivity index (χ3n) is 3.62. The van der Waals surface area contributed by atoms with Crippen molar-refractivity contribution in [2.24, 2.45) is 9.98 Å². The lowest BCUT2D eigenvalue weighted by Gasteiger charge is -2.16. The van der Waals surface area contributed by atoms with Gasteiger partial charge in [-0.1, -0.05) is 24.3 Å². The summed E-state index contributed by atoms with van der Waals surface area (Å²) in [5.74, 6) is 0.796. The highest BCUT2D eigenvalue weighted by molar-refractivity contribution is 5.83. The molecule has 0 amide bonds. The van der Waals surface area contributed by atoms with E-state index in [1.165, 1.54) is 12.8 Å². The van der Waals surface area contributed by atoms with E-state index >= 15 is 0 Å². The van der Waals surface area contributed by atoms with Crippen LogP contribution in [0.4, 0.5) is 5.69 Å². The molecule has 1 fully saturated rings. The van der Waals surface area contributed by atoms with E-state index < -0.39 is 0 Å². The Hall–Kier alpha value is -2.36. The van der Waals surface area contributed by atoms with Crippen LogP contribution in [0.5, 0.6) is 0 Å². The van der Waals surface area contributed by atoms with E-state index in [1.54, 1.807) is 0 Å². The SMILES string of the molecule is Cc1ccc[nH]c1=NC(=Nc1ccccc1)N1CCCC1. The summed E-state index contributed by atoms with van der Waals surface area (Å²) in [5.41, 5.74) is 2.94. The Morgan fingerprint density at radius 2 is 1.81 bits per heavy atom. The molecule has 1 aliphatic heterocycles. The molecule has 0 saturated carbocycles. The summed E-state index contributed by atoms with van der Waals surface area (Å²) in [6, 6.07) is 14.1. The number of likely N-dealkylation sites (tertiary alicyclic amines) is 1. The van der Waals surface area contributed by atoms with Gasteiger partial charge in [-0.2, -0.15) is 4.99 Å². The van der Waals surface area contributed by atoms with Crippen LogP contribution < -0.4 is 5.49 Å². The van der Waals surface area contributed by atoms with E-state index in [0.717, 1.165) is 35.8 Å². The second-order valence-electron chi connectivity index (χ2n) is 5.26. The smallest absolute Gasteiger partial charge is 0.227 e. The van der Waals surface area contributed by atoms with Crippen molar-refractivity contribution in [3.05, 3.63) is 59.7 Å². The number of aromatic amines is 1. The zero-order valence-corrected chi connectivity index (χ0v) is 12.3. The molecule has 2 heterocycles. The van der Waals surface area contributed by atoms with Gasteiger partial charge >= 0.3 is 0 Å². The van der Waals surface area contributed by atoms with Gasteiger partial charge in [0.15, 0.2) is 0 Å². The Balaban J connectivity index is 2.03.